The van der Waals surface area contributed by atoms with Crippen molar-refractivity contribution in [2.24, 2.45) is 5.73 Å². The smallest absolute Gasteiger partial charge is 0.0516 e. The fourth-order valence-electron chi connectivity index (χ4n) is 3.30. The lowest BCUT2D eigenvalue weighted by molar-refractivity contribution is 0.414. The largest absolute Gasteiger partial charge is 0.365 e. The zero-order chi connectivity index (χ0) is 12.0. The fraction of sp³-hybridized carbons (Fsp3) is 0.538. The predicted octanol–water partition coefficient (Wildman–Crippen LogP) is 3.56. The molecule has 0 amide bonds. The Morgan fingerprint density at radius 1 is 1.24 bits per heavy atom. The molecule has 2 aliphatic rings. The number of anilines is 1. The second-order valence-electron chi connectivity index (χ2n) is 5.12. The molecule has 2 aliphatic heterocycles. The molecule has 1 aromatic rings. The Hall–Kier alpha value is -0.250. The van der Waals surface area contributed by atoms with E-state index < -0.39 is 0 Å². The molecule has 0 aliphatic carbocycles. The molecule has 92 valence electrons. The van der Waals surface area contributed by atoms with Crippen LogP contribution in [0.2, 0.25) is 5.02 Å². The molecular formula is C13H16BrClN2. The first-order chi connectivity index (χ1) is 8.15. The summed E-state index contributed by atoms with van der Waals surface area (Å²) in [6.45, 7) is 0. The van der Waals surface area contributed by atoms with Crippen molar-refractivity contribution in [3.63, 3.8) is 0 Å². The van der Waals surface area contributed by atoms with Crippen LogP contribution in [0.25, 0.3) is 0 Å². The van der Waals surface area contributed by atoms with Crippen molar-refractivity contribution in [3.05, 3.63) is 27.7 Å². The Balaban J connectivity index is 1.94. The highest BCUT2D eigenvalue weighted by Crippen LogP contribution is 2.42. The minimum atomic E-state index is 0.384. The highest BCUT2D eigenvalue weighted by atomic mass is 79.9. The van der Waals surface area contributed by atoms with Gasteiger partial charge < -0.3 is 10.6 Å². The highest BCUT2D eigenvalue weighted by molar-refractivity contribution is 9.10. The maximum atomic E-state index is 6.10. The molecule has 2 atom stereocenters. The molecule has 2 fully saturated rings. The van der Waals surface area contributed by atoms with Gasteiger partial charge in [0.05, 0.1) is 5.69 Å². The van der Waals surface area contributed by atoms with E-state index in [2.05, 4.69) is 26.9 Å². The fourth-order valence-corrected chi connectivity index (χ4v) is 4.19. The van der Waals surface area contributed by atoms with Crippen molar-refractivity contribution < 1.29 is 0 Å². The molecule has 1 aromatic carbocycles. The maximum Gasteiger partial charge on any atom is 0.0516 e. The van der Waals surface area contributed by atoms with Crippen LogP contribution in [0.3, 0.4) is 0 Å². The first kappa shape index (κ1) is 11.8. The number of halogens is 2. The quantitative estimate of drug-likeness (QED) is 0.858. The molecule has 2 bridgehead atoms. The van der Waals surface area contributed by atoms with Gasteiger partial charge in [0.15, 0.2) is 0 Å². The minimum absolute atomic E-state index is 0.384. The van der Waals surface area contributed by atoms with Crippen LogP contribution in [-0.4, -0.2) is 18.1 Å². The van der Waals surface area contributed by atoms with Crippen molar-refractivity contribution in [1.29, 1.82) is 0 Å². The first-order valence-electron chi connectivity index (χ1n) is 6.14. The van der Waals surface area contributed by atoms with Gasteiger partial charge in [-0.1, -0.05) is 11.6 Å². The Morgan fingerprint density at radius 2 is 1.88 bits per heavy atom. The van der Waals surface area contributed by atoms with Crippen LogP contribution in [-0.2, 0) is 0 Å². The lowest BCUT2D eigenvalue weighted by Crippen LogP contribution is -2.47. The van der Waals surface area contributed by atoms with Crippen molar-refractivity contribution in [2.45, 2.75) is 43.8 Å². The van der Waals surface area contributed by atoms with Crippen LogP contribution in [0.1, 0.15) is 25.7 Å². The van der Waals surface area contributed by atoms with E-state index in [-0.39, 0.29) is 0 Å². The summed E-state index contributed by atoms with van der Waals surface area (Å²) in [5, 5.41) is 0.779. The lowest BCUT2D eigenvalue weighted by Gasteiger charge is -2.40. The third-order valence-electron chi connectivity index (χ3n) is 3.96. The number of hydrogen-bond acceptors (Lipinski definition) is 2. The summed E-state index contributed by atoms with van der Waals surface area (Å²) in [6.07, 6.45) is 4.78. The zero-order valence-corrected chi connectivity index (χ0v) is 11.9. The summed E-state index contributed by atoms with van der Waals surface area (Å²) >= 11 is 9.62. The second-order valence-corrected chi connectivity index (χ2v) is 6.41. The van der Waals surface area contributed by atoms with Gasteiger partial charge in [-0.05, 0) is 59.8 Å². The van der Waals surface area contributed by atoms with E-state index in [4.69, 9.17) is 17.3 Å². The molecule has 2 N–H and O–H groups in total. The monoisotopic (exact) mass is 314 g/mol. The first-order valence-corrected chi connectivity index (χ1v) is 7.31. The standard InChI is InChI=1S/C13H16BrClN2/c14-12-5-8(15)1-4-13(12)17-10-2-3-11(17)7-9(16)6-10/h1,4-5,9-11H,2-3,6-7,16H2. The summed E-state index contributed by atoms with van der Waals surface area (Å²) in [4.78, 5) is 2.55. The number of piperidine rings is 1. The van der Waals surface area contributed by atoms with Crippen molar-refractivity contribution in [1.82, 2.24) is 0 Å². The second kappa shape index (κ2) is 4.45. The molecule has 0 saturated carbocycles. The number of hydrogen-bond donors (Lipinski definition) is 1. The van der Waals surface area contributed by atoms with Crippen LogP contribution < -0.4 is 10.6 Å². The Labute approximate surface area is 115 Å². The zero-order valence-electron chi connectivity index (χ0n) is 9.57. The summed E-state index contributed by atoms with van der Waals surface area (Å²) in [5.74, 6) is 0. The molecule has 2 nitrogen and oxygen atoms in total. The Kier molecular flexibility index (Phi) is 3.09. The Bertz CT molecular complexity index is 423. The highest BCUT2D eigenvalue weighted by Gasteiger charge is 2.40. The van der Waals surface area contributed by atoms with Gasteiger partial charge in [-0.3, -0.25) is 0 Å². The summed E-state index contributed by atoms with van der Waals surface area (Å²) in [6, 6.07) is 7.67. The average molecular weight is 316 g/mol. The van der Waals surface area contributed by atoms with Crippen LogP contribution in [0, 0.1) is 0 Å². The van der Waals surface area contributed by atoms with Gasteiger partial charge in [0.25, 0.3) is 0 Å². The van der Waals surface area contributed by atoms with Gasteiger partial charge in [0.2, 0.25) is 0 Å². The lowest BCUT2D eigenvalue weighted by atomic mass is 9.97. The topological polar surface area (TPSA) is 29.3 Å². The number of fused-ring (bicyclic) bond motifs is 2. The predicted molar refractivity (Wildman–Crippen MR) is 75.7 cm³/mol. The van der Waals surface area contributed by atoms with Gasteiger partial charge in [0.1, 0.15) is 0 Å². The van der Waals surface area contributed by atoms with E-state index in [0.29, 0.717) is 18.1 Å². The SMILES string of the molecule is NC1CC2CCC(C1)N2c1ccc(Cl)cc1Br. The molecule has 2 heterocycles. The van der Waals surface area contributed by atoms with E-state index in [0.717, 1.165) is 22.3 Å². The molecule has 3 rings (SSSR count). The van der Waals surface area contributed by atoms with E-state index in [1.807, 2.05) is 12.1 Å². The van der Waals surface area contributed by atoms with Gasteiger partial charge in [-0.15, -0.1) is 0 Å². The maximum absolute atomic E-state index is 6.10. The molecule has 2 saturated heterocycles. The van der Waals surface area contributed by atoms with Crippen molar-refractivity contribution in [3.8, 4) is 0 Å². The molecular weight excluding hydrogens is 300 g/mol. The normalized spacial score (nSPS) is 31.9. The van der Waals surface area contributed by atoms with E-state index in [9.17, 15) is 0 Å². The summed E-state index contributed by atoms with van der Waals surface area (Å²) in [7, 11) is 0. The summed E-state index contributed by atoms with van der Waals surface area (Å²) in [5.41, 5.74) is 7.37. The van der Waals surface area contributed by atoms with Gasteiger partial charge in [0, 0.05) is 27.6 Å². The molecule has 4 heteroatoms. The minimum Gasteiger partial charge on any atom is -0.365 e. The van der Waals surface area contributed by atoms with Gasteiger partial charge in [-0.2, -0.15) is 0 Å². The molecule has 0 aromatic heterocycles. The molecule has 0 radical (unpaired) electrons. The molecule has 17 heavy (non-hydrogen) atoms. The van der Waals surface area contributed by atoms with E-state index >= 15 is 0 Å². The molecule has 0 spiro atoms. The van der Waals surface area contributed by atoms with Crippen LogP contribution in [0.4, 0.5) is 5.69 Å². The van der Waals surface area contributed by atoms with Crippen molar-refractivity contribution in [2.75, 3.05) is 4.90 Å². The third kappa shape index (κ3) is 2.09. The van der Waals surface area contributed by atoms with E-state index in [1.54, 1.807) is 0 Å². The van der Waals surface area contributed by atoms with Crippen LogP contribution in [0.5, 0.6) is 0 Å². The number of nitrogens with zero attached hydrogens (tertiary/aromatic N) is 1. The number of nitrogens with two attached hydrogens (primary N) is 1. The molecule has 2 unspecified atom stereocenters. The number of benzene rings is 1. The van der Waals surface area contributed by atoms with Gasteiger partial charge in [-0.25, -0.2) is 0 Å². The third-order valence-corrected chi connectivity index (χ3v) is 4.83. The van der Waals surface area contributed by atoms with Crippen molar-refractivity contribution >= 4 is 33.2 Å². The Morgan fingerprint density at radius 3 is 2.47 bits per heavy atom. The van der Waals surface area contributed by atoms with Crippen LogP contribution >= 0.6 is 27.5 Å². The number of rotatable bonds is 1. The summed E-state index contributed by atoms with van der Waals surface area (Å²) < 4.78 is 1.09. The average Bonchev–Trinajstić information content (AvgIpc) is 2.53. The van der Waals surface area contributed by atoms with Crippen LogP contribution in [0.15, 0.2) is 22.7 Å². The van der Waals surface area contributed by atoms with E-state index in [1.165, 1.54) is 18.5 Å². The van der Waals surface area contributed by atoms with Gasteiger partial charge >= 0.3 is 0 Å².